The van der Waals surface area contributed by atoms with Crippen LogP contribution in [0.2, 0.25) is 0 Å². The fraction of sp³-hybridized carbons (Fsp3) is 0.385. The molecule has 1 aromatic heterocycles. The number of benzene rings is 2. The van der Waals surface area contributed by atoms with Crippen LogP contribution in [0.25, 0.3) is 10.9 Å². The second-order valence-corrected chi connectivity index (χ2v) is 8.47. The minimum Gasteiger partial charge on any atom is -0.495 e. The molecule has 34 heavy (non-hydrogen) atoms. The van der Waals surface area contributed by atoms with Crippen LogP contribution < -0.4 is 25.1 Å². The van der Waals surface area contributed by atoms with Gasteiger partial charge in [-0.2, -0.15) is 0 Å². The molecular weight excluding hydrogens is 434 g/mol. The molecule has 0 aliphatic heterocycles. The third-order valence-corrected chi connectivity index (χ3v) is 6.39. The van der Waals surface area contributed by atoms with Crippen LogP contribution in [-0.2, 0) is 6.54 Å². The number of fused-ring (bicyclic) bond motifs is 1. The molecule has 1 aliphatic carbocycles. The number of para-hydroxylation sites is 2. The third kappa shape index (κ3) is 4.95. The Morgan fingerprint density at radius 3 is 2.35 bits per heavy atom. The Morgan fingerprint density at radius 1 is 0.971 bits per heavy atom. The zero-order valence-corrected chi connectivity index (χ0v) is 19.8. The number of ether oxygens (including phenoxy) is 3. The second kappa shape index (κ2) is 10.5. The van der Waals surface area contributed by atoms with Crippen molar-refractivity contribution >= 4 is 22.6 Å². The Labute approximate surface area is 198 Å². The first-order valence-electron chi connectivity index (χ1n) is 11.5. The molecule has 1 aliphatic rings. The second-order valence-electron chi connectivity index (χ2n) is 8.47. The number of urea groups is 1. The number of aromatic amines is 1. The number of anilines is 1. The zero-order chi connectivity index (χ0) is 24.1. The molecule has 2 N–H and O–H groups in total. The highest BCUT2D eigenvalue weighted by molar-refractivity contribution is 5.91. The van der Waals surface area contributed by atoms with Gasteiger partial charge in [0, 0.05) is 23.1 Å². The first-order valence-corrected chi connectivity index (χ1v) is 11.5. The molecule has 1 fully saturated rings. The Balaban J connectivity index is 1.67. The average Bonchev–Trinajstić information content (AvgIpc) is 2.87. The molecule has 1 saturated carbocycles. The van der Waals surface area contributed by atoms with Gasteiger partial charge >= 0.3 is 6.03 Å². The molecular formula is C26H31N3O5. The highest BCUT2D eigenvalue weighted by Gasteiger charge is 2.27. The molecule has 1 heterocycles. The normalized spacial score (nSPS) is 14.0. The number of hydrogen-bond donors (Lipinski definition) is 2. The predicted molar refractivity (Wildman–Crippen MR) is 132 cm³/mol. The van der Waals surface area contributed by atoms with Gasteiger partial charge in [0.1, 0.15) is 5.75 Å². The van der Waals surface area contributed by atoms with E-state index in [2.05, 4.69) is 10.3 Å². The van der Waals surface area contributed by atoms with Crippen LogP contribution in [-0.4, -0.2) is 43.3 Å². The summed E-state index contributed by atoms with van der Waals surface area (Å²) in [6, 6.07) is 12.5. The first-order chi connectivity index (χ1) is 16.5. The van der Waals surface area contributed by atoms with E-state index in [9.17, 15) is 9.59 Å². The maximum Gasteiger partial charge on any atom is 0.322 e. The van der Waals surface area contributed by atoms with E-state index in [4.69, 9.17) is 14.2 Å². The number of methoxy groups -OCH3 is 3. The smallest absolute Gasteiger partial charge is 0.322 e. The average molecular weight is 466 g/mol. The number of hydrogen-bond acceptors (Lipinski definition) is 5. The Morgan fingerprint density at radius 2 is 1.65 bits per heavy atom. The maximum absolute atomic E-state index is 13.5. The van der Waals surface area contributed by atoms with Crippen molar-refractivity contribution in [3.63, 3.8) is 0 Å². The molecule has 3 aromatic rings. The van der Waals surface area contributed by atoms with Crippen molar-refractivity contribution in [3.8, 4) is 17.2 Å². The van der Waals surface area contributed by atoms with Crippen molar-refractivity contribution in [1.29, 1.82) is 0 Å². The number of nitrogens with one attached hydrogen (secondary N) is 2. The lowest BCUT2D eigenvalue weighted by atomic mass is 9.94. The summed E-state index contributed by atoms with van der Waals surface area (Å²) in [5, 5.41) is 3.79. The van der Waals surface area contributed by atoms with Crippen LogP contribution >= 0.6 is 0 Å². The maximum atomic E-state index is 13.5. The highest BCUT2D eigenvalue weighted by atomic mass is 16.5. The monoisotopic (exact) mass is 465 g/mol. The molecule has 0 bridgehead atoms. The molecule has 8 heteroatoms. The van der Waals surface area contributed by atoms with Gasteiger partial charge in [0.05, 0.1) is 39.1 Å². The van der Waals surface area contributed by atoms with E-state index in [0.717, 1.165) is 37.5 Å². The summed E-state index contributed by atoms with van der Waals surface area (Å²) in [5.41, 5.74) is 1.53. The number of H-pyrrole nitrogens is 1. The Bertz CT molecular complexity index is 1220. The van der Waals surface area contributed by atoms with E-state index >= 15 is 0 Å². The summed E-state index contributed by atoms with van der Waals surface area (Å²) in [6.07, 6.45) is 5.12. The van der Waals surface area contributed by atoms with Gasteiger partial charge in [-0.1, -0.05) is 31.4 Å². The molecule has 0 saturated heterocycles. The van der Waals surface area contributed by atoms with Crippen LogP contribution in [0.15, 0.2) is 47.3 Å². The number of carbonyl (C=O) groups is 1. The van der Waals surface area contributed by atoms with Crippen LogP contribution in [0.4, 0.5) is 10.5 Å². The van der Waals surface area contributed by atoms with Crippen molar-refractivity contribution in [2.75, 3.05) is 26.6 Å². The number of carbonyl (C=O) groups excluding carboxylic acids is 1. The lowest BCUT2D eigenvalue weighted by molar-refractivity contribution is 0.162. The molecule has 2 amide bonds. The zero-order valence-electron chi connectivity index (χ0n) is 19.8. The van der Waals surface area contributed by atoms with Gasteiger partial charge in [0.25, 0.3) is 5.56 Å². The number of pyridine rings is 1. The van der Waals surface area contributed by atoms with E-state index in [0.29, 0.717) is 34.0 Å². The van der Waals surface area contributed by atoms with Crippen LogP contribution in [0.3, 0.4) is 0 Å². The van der Waals surface area contributed by atoms with Crippen LogP contribution in [0.5, 0.6) is 17.2 Å². The molecule has 180 valence electrons. The highest BCUT2D eigenvalue weighted by Crippen LogP contribution is 2.32. The number of nitrogens with zero attached hydrogens (tertiary/aromatic N) is 1. The van der Waals surface area contributed by atoms with Crippen molar-refractivity contribution in [2.24, 2.45) is 0 Å². The van der Waals surface area contributed by atoms with E-state index < -0.39 is 0 Å². The lowest BCUT2D eigenvalue weighted by Gasteiger charge is -2.34. The van der Waals surface area contributed by atoms with Crippen molar-refractivity contribution in [2.45, 2.75) is 44.7 Å². The fourth-order valence-corrected chi connectivity index (χ4v) is 4.57. The number of aromatic nitrogens is 1. The van der Waals surface area contributed by atoms with Crippen molar-refractivity contribution < 1.29 is 19.0 Å². The summed E-state index contributed by atoms with van der Waals surface area (Å²) in [6.45, 7) is 0.200. The summed E-state index contributed by atoms with van der Waals surface area (Å²) in [4.78, 5) is 31.1. The van der Waals surface area contributed by atoms with Gasteiger partial charge in [-0.15, -0.1) is 0 Å². The van der Waals surface area contributed by atoms with Gasteiger partial charge in [-0.05, 0) is 37.1 Å². The number of amides is 2. The molecule has 2 aromatic carbocycles. The summed E-state index contributed by atoms with van der Waals surface area (Å²) >= 11 is 0. The predicted octanol–water partition coefficient (Wildman–Crippen LogP) is 4.92. The lowest BCUT2D eigenvalue weighted by Crippen LogP contribution is -2.44. The number of rotatable bonds is 7. The minimum absolute atomic E-state index is 0.0592. The third-order valence-electron chi connectivity index (χ3n) is 6.39. The van der Waals surface area contributed by atoms with Crippen molar-refractivity contribution in [1.82, 2.24) is 9.88 Å². The van der Waals surface area contributed by atoms with Gasteiger partial charge in [-0.25, -0.2) is 4.79 Å². The van der Waals surface area contributed by atoms with E-state index in [1.807, 2.05) is 24.3 Å². The van der Waals surface area contributed by atoms with Gasteiger partial charge < -0.3 is 29.4 Å². The van der Waals surface area contributed by atoms with Gasteiger partial charge in [0.15, 0.2) is 11.5 Å². The molecule has 8 nitrogen and oxygen atoms in total. The fourth-order valence-electron chi connectivity index (χ4n) is 4.57. The van der Waals surface area contributed by atoms with Crippen molar-refractivity contribution in [3.05, 3.63) is 58.4 Å². The molecule has 0 unspecified atom stereocenters. The van der Waals surface area contributed by atoms with E-state index in [-0.39, 0.29) is 24.2 Å². The summed E-state index contributed by atoms with van der Waals surface area (Å²) in [7, 11) is 4.70. The first kappa shape index (κ1) is 23.5. The summed E-state index contributed by atoms with van der Waals surface area (Å²) in [5.74, 6) is 1.70. The van der Waals surface area contributed by atoms with Crippen LogP contribution in [0, 0.1) is 0 Å². The summed E-state index contributed by atoms with van der Waals surface area (Å²) < 4.78 is 16.1. The Kier molecular flexibility index (Phi) is 7.25. The largest absolute Gasteiger partial charge is 0.495 e. The minimum atomic E-state index is -0.247. The SMILES string of the molecule is COc1ccccc1NC(=O)N(Cc1cc2cc(OC)c(OC)cc2[nH]c1=O)C1CCCCC1. The van der Waals surface area contributed by atoms with E-state index in [1.165, 1.54) is 0 Å². The van der Waals surface area contributed by atoms with Gasteiger partial charge in [-0.3, -0.25) is 4.79 Å². The topological polar surface area (TPSA) is 92.9 Å². The van der Waals surface area contributed by atoms with E-state index in [1.54, 1.807) is 44.4 Å². The molecule has 4 rings (SSSR count). The van der Waals surface area contributed by atoms with Gasteiger partial charge in [0.2, 0.25) is 0 Å². The molecule has 0 radical (unpaired) electrons. The quantitative estimate of drug-likeness (QED) is 0.517. The van der Waals surface area contributed by atoms with Crippen LogP contribution in [0.1, 0.15) is 37.7 Å². The molecule has 0 atom stereocenters. The Hall–Kier alpha value is -3.68. The standard InChI is InChI=1S/C26H31N3O5/c1-32-22-12-8-7-11-20(22)28-26(31)29(19-9-5-4-6-10-19)16-18-13-17-14-23(33-2)24(34-3)15-21(17)27-25(18)30/h7-8,11-15,19H,4-6,9-10,16H2,1-3H3,(H,27,30)(H,28,31). The molecule has 0 spiro atoms.